The maximum Gasteiger partial charge on any atom is 0.266 e. The molecule has 0 unspecified atom stereocenters. The van der Waals surface area contributed by atoms with Crippen molar-refractivity contribution in [3.05, 3.63) is 51.8 Å². The monoisotopic (exact) mass is 345 g/mol. The Morgan fingerprint density at radius 1 is 1.17 bits per heavy atom. The van der Waals surface area contributed by atoms with Crippen molar-refractivity contribution in [1.29, 1.82) is 0 Å². The van der Waals surface area contributed by atoms with Crippen molar-refractivity contribution in [2.24, 2.45) is 5.92 Å². The highest BCUT2D eigenvalue weighted by atomic mass is 35.5. The maximum atomic E-state index is 12.0. The van der Waals surface area contributed by atoms with Crippen LogP contribution in [0, 0.1) is 5.92 Å². The summed E-state index contributed by atoms with van der Waals surface area (Å²) < 4.78 is 1.39. The molecule has 0 atom stereocenters. The van der Waals surface area contributed by atoms with E-state index in [1.165, 1.54) is 10.7 Å². The molecular formula is C18H20ClN3O2. The molecule has 1 N–H and O–H groups in total. The first-order chi connectivity index (χ1) is 11.6. The van der Waals surface area contributed by atoms with E-state index in [4.69, 9.17) is 11.6 Å². The quantitative estimate of drug-likeness (QED) is 0.906. The van der Waals surface area contributed by atoms with Crippen molar-refractivity contribution >= 4 is 17.5 Å². The van der Waals surface area contributed by atoms with Crippen LogP contribution in [0.2, 0.25) is 5.02 Å². The van der Waals surface area contributed by atoms with Crippen LogP contribution < -0.4 is 10.9 Å². The fourth-order valence-electron chi connectivity index (χ4n) is 3.00. The van der Waals surface area contributed by atoms with Gasteiger partial charge in [0.2, 0.25) is 5.91 Å². The third-order valence-electron chi connectivity index (χ3n) is 4.36. The van der Waals surface area contributed by atoms with Crippen molar-refractivity contribution in [2.75, 3.05) is 6.54 Å². The molecule has 0 bridgehead atoms. The predicted octanol–water partition coefficient (Wildman–Crippen LogP) is 2.87. The van der Waals surface area contributed by atoms with Gasteiger partial charge in [0.15, 0.2) is 0 Å². The van der Waals surface area contributed by atoms with Gasteiger partial charge in [0, 0.05) is 29.1 Å². The van der Waals surface area contributed by atoms with Crippen molar-refractivity contribution in [3.8, 4) is 11.3 Å². The van der Waals surface area contributed by atoms with E-state index < -0.39 is 0 Å². The van der Waals surface area contributed by atoms with E-state index in [1.54, 1.807) is 18.2 Å². The molecule has 126 valence electrons. The second-order valence-electron chi connectivity index (χ2n) is 6.06. The van der Waals surface area contributed by atoms with Crippen LogP contribution in [0.25, 0.3) is 11.3 Å². The van der Waals surface area contributed by atoms with Gasteiger partial charge in [0.25, 0.3) is 5.56 Å². The summed E-state index contributed by atoms with van der Waals surface area (Å²) in [6.07, 6.45) is 4.19. The van der Waals surface area contributed by atoms with Gasteiger partial charge < -0.3 is 5.32 Å². The fraction of sp³-hybridized carbons (Fsp3) is 0.389. The summed E-state index contributed by atoms with van der Waals surface area (Å²) in [6, 6.07) is 10.5. The molecule has 1 amide bonds. The summed E-state index contributed by atoms with van der Waals surface area (Å²) in [5, 5.41) is 7.94. The second-order valence-corrected chi connectivity index (χ2v) is 6.50. The molecule has 1 aliphatic carbocycles. The Morgan fingerprint density at radius 3 is 2.58 bits per heavy atom. The minimum atomic E-state index is -0.178. The molecule has 1 aromatic heterocycles. The third kappa shape index (κ3) is 4.03. The Morgan fingerprint density at radius 2 is 1.88 bits per heavy atom. The number of carbonyl (C=O) groups is 1. The number of amides is 1. The lowest BCUT2D eigenvalue weighted by Gasteiger charge is -2.11. The summed E-state index contributed by atoms with van der Waals surface area (Å²) in [6.45, 7) is 0.769. The number of nitrogens with zero attached hydrogens (tertiary/aromatic N) is 2. The van der Waals surface area contributed by atoms with E-state index in [1.807, 2.05) is 12.1 Å². The van der Waals surface area contributed by atoms with E-state index in [0.29, 0.717) is 23.8 Å². The molecule has 0 spiro atoms. The van der Waals surface area contributed by atoms with Crippen LogP contribution in [0.5, 0.6) is 0 Å². The molecule has 1 aromatic carbocycles. The van der Waals surface area contributed by atoms with Crippen molar-refractivity contribution in [2.45, 2.75) is 32.2 Å². The first kappa shape index (κ1) is 16.7. The maximum absolute atomic E-state index is 12.0. The molecule has 2 aromatic rings. The Labute approximate surface area is 145 Å². The number of benzene rings is 1. The molecule has 6 heteroatoms. The van der Waals surface area contributed by atoms with Gasteiger partial charge in [-0.15, -0.1) is 0 Å². The SMILES string of the molecule is O=C(NCCn1nc(-c2ccc(Cl)cc2)ccc1=O)C1CCCC1. The lowest BCUT2D eigenvalue weighted by molar-refractivity contribution is -0.124. The van der Waals surface area contributed by atoms with Crippen LogP contribution in [0.15, 0.2) is 41.2 Å². The van der Waals surface area contributed by atoms with Gasteiger partial charge in [-0.25, -0.2) is 4.68 Å². The number of carbonyl (C=O) groups excluding carboxylic acids is 1. The predicted molar refractivity (Wildman–Crippen MR) is 93.9 cm³/mol. The van der Waals surface area contributed by atoms with Gasteiger partial charge >= 0.3 is 0 Å². The van der Waals surface area contributed by atoms with Crippen molar-refractivity contribution in [3.63, 3.8) is 0 Å². The van der Waals surface area contributed by atoms with Gasteiger partial charge in [-0.05, 0) is 31.0 Å². The summed E-state index contributed by atoms with van der Waals surface area (Å²) in [5.41, 5.74) is 1.42. The molecule has 3 rings (SSSR count). The Balaban J connectivity index is 1.64. The van der Waals surface area contributed by atoms with Gasteiger partial charge in [-0.2, -0.15) is 5.10 Å². The Kier molecular flexibility index (Phi) is 5.30. The normalized spacial score (nSPS) is 14.7. The second kappa shape index (κ2) is 7.62. The Hall–Kier alpha value is -2.14. The Bertz CT molecular complexity index is 765. The van der Waals surface area contributed by atoms with E-state index in [0.717, 1.165) is 31.2 Å². The standard InChI is InChI=1S/C18H20ClN3O2/c19-15-7-5-13(6-8-15)16-9-10-17(23)22(21-16)12-11-20-18(24)14-3-1-2-4-14/h5-10,14H,1-4,11-12H2,(H,20,24). The zero-order valence-corrected chi connectivity index (χ0v) is 14.1. The zero-order chi connectivity index (χ0) is 16.9. The average Bonchev–Trinajstić information content (AvgIpc) is 3.12. The lowest BCUT2D eigenvalue weighted by Crippen LogP contribution is -2.34. The highest BCUT2D eigenvalue weighted by Gasteiger charge is 2.21. The molecule has 0 aliphatic heterocycles. The molecular weight excluding hydrogens is 326 g/mol. The van der Waals surface area contributed by atoms with Gasteiger partial charge in [0.1, 0.15) is 0 Å². The van der Waals surface area contributed by atoms with Crippen LogP contribution in [0.3, 0.4) is 0 Å². The highest BCUT2D eigenvalue weighted by molar-refractivity contribution is 6.30. The fourth-order valence-corrected chi connectivity index (χ4v) is 3.13. The van der Waals surface area contributed by atoms with Crippen LogP contribution >= 0.6 is 11.6 Å². The lowest BCUT2D eigenvalue weighted by atomic mass is 10.1. The van der Waals surface area contributed by atoms with E-state index in [-0.39, 0.29) is 17.4 Å². The van der Waals surface area contributed by atoms with E-state index in [2.05, 4.69) is 10.4 Å². The number of hydrogen-bond acceptors (Lipinski definition) is 3. The third-order valence-corrected chi connectivity index (χ3v) is 4.61. The average molecular weight is 346 g/mol. The van der Waals surface area contributed by atoms with Crippen LogP contribution in [0.4, 0.5) is 0 Å². The minimum Gasteiger partial charge on any atom is -0.354 e. The summed E-state index contributed by atoms with van der Waals surface area (Å²) in [7, 11) is 0. The minimum absolute atomic E-state index is 0.0920. The van der Waals surface area contributed by atoms with E-state index >= 15 is 0 Å². The molecule has 1 heterocycles. The van der Waals surface area contributed by atoms with E-state index in [9.17, 15) is 9.59 Å². The number of hydrogen-bond donors (Lipinski definition) is 1. The molecule has 0 saturated heterocycles. The molecule has 0 radical (unpaired) electrons. The first-order valence-electron chi connectivity index (χ1n) is 8.25. The smallest absolute Gasteiger partial charge is 0.266 e. The molecule has 1 fully saturated rings. The molecule has 24 heavy (non-hydrogen) atoms. The number of aromatic nitrogens is 2. The van der Waals surface area contributed by atoms with Crippen molar-refractivity contribution in [1.82, 2.24) is 15.1 Å². The highest BCUT2D eigenvalue weighted by Crippen LogP contribution is 2.24. The van der Waals surface area contributed by atoms with Crippen molar-refractivity contribution < 1.29 is 4.79 Å². The first-order valence-corrected chi connectivity index (χ1v) is 8.63. The number of nitrogens with one attached hydrogen (secondary N) is 1. The summed E-state index contributed by atoms with van der Waals surface area (Å²) in [5.74, 6) is 0.226. The molecule has 5 nitrogen and oxygen atoms in total. The van der Waals surface area contributed by atoms with Gasteiger partial charge in [0.05, 0.1) is 12.2 Å². The van der Waals surface area contributed by atoms with Gasteiger partial charge in [-0.3, -0.25) is 9.59 Å². The molecule has 1 aliphatic rings. The van der Waals surface area contributed by atoms with Crippen LogP contribution in [0.1, 0.15) is 25.7 Å². The van der Waals surface area contributed by atoms with Crippen LogP contribution in [-0.4, -0.2) is 22.2 Å². The summed E-state index contributed by atoms with van der Waals surface area (Å²) >= 11 is 5.89. The van der Waals surface area contributed by atoms with Gasteiger partial charge in [-0.1, -0.05) is 36.6 Å². The number of halogens is 1. The molecule has 1 saturated carbocycles. The largest absolute Gasteiger partial charge is 0.354 e. The van der Waals surface area contributed by atoms with Crippen LogP contribution in [-0.2, 0) is 11.3 Å². The number of rotatable bonds is 5. The zero-order valence-electron chi connectivity index (χ0n) is 13.4. The summed E-state index contributed by atoms with van der Waals surface area (Å²) in [4.78, 5) is 24.0. The topological polar surface area (TPSA) is 64.0 Å².